The number of ether oxygens (including phenoxy) is 1. The number of carbonyl (C=O) groups is 5. The summed E-state index contributed by atoms with van der Waals surface area (Å²) in [6.45, 7) is 11.9. The van der Waals surface area contributed by atoms with Gasteiger partial charge in [-0.05, 0) is 50.7 Å². The van der Waals surface area contributed by atoms with Crippen molar-refractivity contribution in [3.63, 3.8) is 0 Å². The number of hydrogen-bond donors (Lipinski definition) is 6. The third-order valence-electron chi connectivity index (χ3n) is 8.29. The summed E-state index contributed by atoms with van der Waals surface area (Å²) in [5.74, 6) is -2.46. The molecule has 3 rings (SSSR count). The highest BCUT2D eigenvalue weighted by molar-refractivity contribution is 8.00. The smallest absolute Gasteiger partial charge is 0.407 e. The average molecular weight is 714 g/mol. The van der Waals surface area contributed by atoms with Crippen molar-refractivity contribution in [2.75, 3.05) is 19.5 Å². The molecule has 14 heteroatoms. The first-order valence-electron chi connectivity index (χ1n) is 16.4. The molecule has 2 aromatic rings. The van der Waals surface area contributed by atoms with Crippen LogP contribution in [0.4, 0.5) is 4.79 Å². The van der Waals surface area contributed by atoms with Gasteiger partial charge in [-0.25, -0.2) is 4.79 Å². The minimum absolute atomic E-state index is 0.0411. The largest absolute Gasteiger partial charge is 0.453 e. The molecule has 0 aliphatic carbocycles. The number of methoxy groups -OCH3 is 1. The zero-order chi connectivity index (χ0) is 37.4. The van der Waals surface area contributed by atoms with Gasteiger partial charge in [0, 0.05) is 11.3 Å². The molecule has 0 saturated carbocycles. The highest BCUT2D eigenvalue weighted by Gasteiger charge is 2.50. The summed E-state index contributed by atoms with van der Waals surface area (Å²) < 4.78 is 4.01. The molecule has 1 saturated heterocycles. The zero-order valence-corrected chi connectivity index (χ0v) is 30.8. The Balaban J connectivity index is 1.92. The molecule has 0 spiro atoms. The van der Waals surface area contributed by atoms with Gasteiger partial charge < -0.3 is 41.1 Å². The standard InChI is InChI=1S/C36H51N5O8S/c1-34(2,3)27(40-29(43)25(39-33(47)49-8)23-17-13-10-14-18-23)30(44)38-24(19-22-15-11-9-12-16-22)26(42)32(46)41-21-50-36(6,7)28(41)31(45)37-20-35(4,5)48/h9-18,24-28,42,48H,19-21H2,1-8H3,(H,37,45)(H,38,44)(H,39,47)(H,40,43)/t24-,25-,26-,27+,28+/m0/s1. The number of nitrogens with one attached hydrogen (secondary N) is 4. The lowest BCUT2D eigenvalue weighted by Crippen LogP contribution is -2.62. The van der Waals surface area contributed by atoms with E-state index in [2.05, 4.69) is 21.3 Å². The van der Waals surface area contributed by atoms with E-state index in [0.717, 1.165) is 5.56 Å². The van der Waals surface area contributed by atoms with E-state index in [1.54, 1.807) is 89.2 Å². The molecule has 2 aromatic carbocycles. The first-order chi connectivity index (χ1) is 23.2. The van der Waals surface area contributed by atoms with E-state index in [1.165, 1.54) is 23.8 Å². The van der Waals surface area contributed by atoms with Crippen LogP contribution in [0.25, 0.3) is 0 Å². The summed E-state index contributed by atoms with van der Waals surface area (Å²) in [6, 6.07) is 13.0. The van der Waals surface area contributed by atoms with Crippen LogP contribution in [0.5, 0.6) is 0 Å². The normalized spacial score (nSPS) is 18.2. The molecule has 1 aliphatic rings. The molecule has 13 nitrogen and oxygen atoms in total. The Morgan fingerprint density at radius 1 is 0.920 bits per heavy atom. The summed E-state index contributed by atoms with van der Waals surface area (Å²) in [5, 5.41) is 32.6. The van der Waals surface area contributed by atoms with Gasteiger partial charge in [-0.2, -0.15) is 0 Å². The molecule has 50 heavy (non-hydrogen) atoms. The van der Waals surface area contributed by atoms with Crippen molar-refractivity contribution >= 4 is 41.5 Å². The molecule has 5 atom stereocenters. The second-order valence-electron chi connectivity index (χ2n) is 14.7. The van der Waals surface area contributed by atoms with E-state index >= 15 is 0 Å². The monoisotopic (exact) mass is 713 g/mol. The number of aliphatic hydroxyl groups excluding tert-OH is 1. The van der Waals surface area contributed by atoms with Gasteiger partial charge in [-0.15, -0.1) is 11.8 Å². The Morgan fingerprint density at radius 2 is 1.50 bits per heavy atom. The third kappa shape index (κ3) is 10.9. The second kappa shape index (κ2) is 16.7. The predicted molar refractivity (Wildman–Crippen MR) is 191 cm³/mol. The number of nitrogens with zero attached hydrogens (tertiary/aromatic N) is 1. The number of hydrogen-bond acceptors (Lipinski definition) is 9. The van der Waals surface area contributed by atoms with Crippen molar-refractivity contribution in [3.05, 3.63) is 71.8 Å². The number of rotatable bonds is 13. The summed E-state index contributed by atoms with van der Waals surface area (Å²) in [6.07, 6.45) is -2.56. The summed E-state index contributed by atoms with van der Waals surface area (Å²) in [7, 11) is 1.17. The van der Waals surface area contributed by atoms with Crippen molar-refractivity contribution in [2.24, 2.45) is 5.41 Å². The summed E-state index contributed by atoms with van der Waals surface area (Å²) >= 11 is 1.37. The van der Waals surface area contributed by atoms with Gasteiger partial charge in [0.25, 0.3) is 5.91 Å². The number of carbonyl (C=O) groups excluding carboxylic acids is 5. The van der Waals surface area contributed by atoms with Gasteiger partial charge in [-0.1, -0.05) is 81.4 Å². The highest BCUT2D eigenvalue weighted by atomic mass is 32.2. The van der Waals surface area contributed by atoms with Crippen LogP contribution in [0.1, 0.15) is 65.6 Å². The topological polar surface area (TPSA) is 186 Å². The lowest BCUT2D eigenvalue weighted by molar-refractivity contribution is -0.148. The van der Waals surface area contributed by atoms with E-state index < -0.39 is 75.8 Å². The molecule has 0 aromatic heterocycles. The molecule has 1 fully saturated rings. The molecule has 5 amide bonds. The van der Waals surface area contributed by atoms with Crippen molar-refractivity contribution in [2.45, 2.75) is 95.5 Å². The highest BCUT2D eigenvalue weighted by Crippen LogP contribution is 2.40. The SMILES string of the molecule is COC(=O)N[C@H](C(=O)N[C@H](C(=O)N[C@@H](Cc1ccccc1)[C@H](O)C(=O)N1CSC(C)(C)[C@H]1C(=O)NCC(C)(C)O)C(C)(C)C)c1ccccc1. The van der Waals surface area contributed by atoms with Crippen molar-refractivity contribution in [1.82, 2.24) is 26.2 Å². The zero-order valence-electron chi connectivity index (χ0n) is 30.0. The fraction of sp³-hybridized carbons (Fsp3) is 0.528. The number of aliphatic hydroxyl groups is 2. The van der Waals surface area contributed by atoms with Crippen molar-refractivity contribution in [1.29, 1.82) is 0 Å². The molecule has 274 valence electrons. The van der Waals surface area contributed by atoms with Crippen molar-refractivity contribution in [3.8, 4) is 0 Å². The van der Waals surface area contributed by atoms with Crippen molar-refractivity contribution < 1.29 is 38.9 Å². The summed E-state index contributed by atoms with van der Waals surface area (Å²) in [5.41, 5.74) is -0.861. The van der Waals surface area contributed by atoms with Crippen LogP contribution < -0.4 is 21.3 Å². The maximum atomic E-state index is 14.1. The van der Waals surface area contributed by atoms with Crippen LogP contribution in [0.3, 0.4) is 0 Å². The van der Waals surface area contributed by atoms with Gasteiger partial charge >= 0.3 is 6.09 Å². The minimum atomic E-state index is -1.77. The fourth-order valence-electron chi connectivity index (χ4n) is 5.55. The van der Waals surface area contributed by atoms with Gasteiger partial charge in [0.1, 0.15) is 18.1 Å². The molecule has 6 N–H and O–H groups in total. The van der Waals surface area contributed by atoms with Crippen LogP contribution in [0.2, 0.25) is 0 Å². The lowest BCUT2D eigenvalue weighted by Gasteiger charge is -2.36. The minimum Gasteiger partial charge on any atom is -0.453 e. The van der Waals surface area contributed by atoms with Gasteiger partial charge in [0.2, 0.25) is 17.7 Å². The Morgan fingerprint density at radius 3 is 2.04 bits per heavy atom. The molecule has 0 radical (unpaired) electrons. The maximum absolute atomic E-state index is 14.1. The molecule has 0 bridgehead atoms. The molecular weight excluding hydrogens is 662 g/mol. The summed E-state index contributed by atoms with van der Waals surface area (Å²) in [4.78, 5) is 68.7. The Bertz CT molecular complexity index is 1490. The second-order valence-corrected chi connectivity index (χ2v) is 16.3. The first-order valence-corrected chi connectivity index (χ1v) is 17.4. The fourth-order valence-corrected chi connectivity index (χ4v) is 6.69. The number of benzene rings is 2. The van der Waals surface area contributed by atoms with Crippen LogP contribution in [0.15, 0.2) is 60.7 Å². The lowest BCUT2D eigenvalue weighted by atomic mass is 9.85. The quantitative estimate of drug-likeness (QED) is 0.181. The third-order valence-corrected chi connectivity index (χ3v) is 9.66. The Kier molecular flexibility index (Phi) is 13.5. The predicted octanol–water partition coefficient (Wildman–Crippen LogP) is 2.27. The van der Waals surface area contributed by atoms with E-state index in [1.807, 2.05) is 19.9 Å². The number of thioether (sulfide) groups is 1. The van der Waals surface area contributed by atoms with Gasteiger partial charge in [-0.3, -0.25) is 19.2 Å². The van der Waals surface area contributed by atoms with E-state index in [-0.39, 0.29) is 18.8 Å². The number of amides is 5. The van der Waals surface area contributed by atoms with Crippen LogP contribution in [-0.4, -0.2) is 98.9 Å². The maximum Gasteiger partial charge on any atom is 0.407 e. The van der Waals surface area contributed by atoms with E-state index in [0.29, 0.717) is 5.56 Å². The van der Waals surface area contributed by atoms with Gasteiger partial charge in [0.05, 0.1) is 24.6 Å². The Hall–Kier alpha value is -4.14. The number of alkyl carbamates (subject to hydrolysis) is 1. The van der Waals surface area contributed by atoms with Gasteiger partial charge in [0.15, 0.2) is 6.10 Å². The van der Waals surface area contributed by atoms with Crippen LogP contribution in [-0.2, 0) is 30.3 Å². The molecule has 1 heterocycles. The molecular formula is C36H51N5O8S. The Labute approximate surface area is 298 Å². The molecule has 0 unspecified atom stereocenters. The average Bonchev–Trinajstić information content (AvgIpc) is 3.38. The molecule has 1 aliphatic heterocycles. The first kappa shape index (κ1) is 40.3. The van der Waals surface area contributed by atoms with Crippen LogP contribution >= 0.6 is 11.8 Å². The van der Waals surface area contributed by atoms with E-state index in [4.69, 9.17) is 4.74 Å². The van der Waals surface area contributed by atoms with E-state index in [9.17, 15) is 34.2 Å². The van der Waals surface area contributed by atoms with Crippen LogP contribution in [0, 0.1) is 5.41 Å².